The molecule has 0 spiro atoms. The van der Waals surface area contributed by atoms with Crippen LogP contribution in [-0.4, -0.2) is 49.3 Å². The van der Waals surface area contributed by atoms with Gasteiger partial charge in [0.15, 0.2) is 0 Å². The van der Waals surface area contributed by atoms with E-state index in [0.29, 0.717) is 19.5 Å². The average molecular weight is 577 g/mol. The number of aryl methyl sites for hydroxylation is 1. The van der Waals surface area contributed by atoms with Crippen molar-refractivity contribution in [3.05, 3.63) is 83.0 Å². The van der Waals surface area contributed by atoms with Crippen molar-refractivity contribution in [2.45, 2.75) is 77.7 Å². The molecule has 3 aromatic heterocycles. The van der Waals surface area contributed by atoms with Crippen molar-refractivity contribution in [1.82, 2.24) is 19.4 Å². The molecule has 6 nitrogen and oxygen atoms in total. The van der Waals surface area contributed by atoms with Crippen LogP contribution in [0.3, 0.4) is 0 Å². The van der Waals surface area contributed by atoms with Crippen LogP contribution in [0.25, 0.3) is 44.5 Å². The van der Waals surface area contributed by atoms with Gasteiger partial charge in [0, 0.05) is 65.2 Å². The van der Waals surface area contributed by atoms with Crippen molar-refractivity contribution in [3.8, 4) is 22.6 Å². The number of rotatable bonds is 4. The Kier molecular flexibility index (Phi) is 7.01. The van der Waals surface area contributed by atoms with Gasteiger partial charge in [0.05, 0.1) is 28.2 Å². The van der Waals surface area contributed by atoms with Crippen LogP contribution in [-0.2, 0) is 13.1 Å². The molecule has 1 N–H and O–H groups in total. The van der Waals surface area contributed by atoms with Crippen LogP contribution in [0.15, 0.2) is 60.8 Å². The minimum atomic E-state index is -0.956. The zero-order valence-electron chi connectivity index (χ0n) is 25.0. The number of halogens is 1. The first-order chi connectivity index (χ1) is 20.8. The third-order valence-corrected chi connectivity index (χ3v) is 9.51. The lowest BCUT2D eigenvalue weighted by molar-refractivity contribution is 0.0697. The maximum absolute atomic E-state index is 15.8. The van der Waals surface area contributed by atoms with E-state index in [2.05, 4.69) is 59.5 Å². The monoisotopic (exact) mass is 576 g/mol. The van der Waals surface area contributed by atoms with Crippen LogP contribution in [0.4, 0.5) is 4.39 Å². The van der Waals surface area contributed by atoms with Crippen LogP contribution >= 0.6 is 0 Å². The Morgan fingerprint density at radius 2 is 1.81 bits per heavy atom. The molecular formula is C36H37FN4O2. The minimum absolute atomic E-state index is 0.233. The Balaban J connectivity index is 1.55. The molecule has 7 heteroatoms. The van der Waals surface area contributed by atoms with E-state index < -0.39 is 12.1 Å². The predicted molar refractivity (Wildman–Crippen MR) is 169 cm³/mol. The lowest BCUT2D eigenvalue weighted by atomic mass is 9.80. The molecule has 2 aromatic carbocycles. The Hall–Kier alpha value is -4.10. The molecule has 0 radical (unpaired) electrons. The molecule has 2 aliphatic rings. The highest BCUT2D eigenvalue weighted by atomic mass is 19.1. The zero-order valence-corrected chi connectivity index (χ0v) is 25.0. The second-order valence-electron chi connectivity index (χ2n) is 12.5. The van der Waals surface area contributed by atoms with E-state index in [1.807, 2.05) is 24.4 Å². The van der Waals surface area contributed by atoms with Crippen molar-refractivity contribution < 1.29 is 14.3 Å². The van der Waals surface area contributed by atoms with Gasteiger partial charge in [-0.1, -0.05) is 37.1 Å². The molecule has 220 valence electrons. The fraction of sp³-hybridized carbons (Fsp3) is 0.361. The number of aromatic carboxylic acids is 1. The smallest absolute Gasteiger partial charge is 0.335 e. The molecule has 0 amide bonds. The van der Waals surface area contributed by atoms with Gasteiger partial charge in [-0.05, 0) is 75.1 Å². The van der Waals surface area contributed by atoms with Gasteiger partial charge in [-0.25, -0.2) is 14.2 Å². The lowest BCUT2D eigenvalue weighted by Crippen LogP contribution is -2.35. The average Bonchev–Trinajstić information content (AvgIpc) is 3.30. The summed E-state index contributed by atoms with van der Waals surface area (Å²) in [6, 6.07) is 18.1. The molecule has 0 bridgehead atoms. The molecule has 4 heterocycles. The second kappa shape index (κ2) is 10.9. The number of nitrogens with zero attached hydrogens (tertiary/aromatic N) is 4. The van der Waals surface area contributed by atoms with Gasteiger partial charge < -0.3 is 9.67 Å². The molecule has 43 heavy (non-hydrogen) atoms. The highest BCUT2D eigenvalue weighted by Gasteiger charge is 2.35. The van der Waals surface area contributed by atoms with Gasteiger partial charge in [0.1, 0.15) is 6.17 Å². The normalized spacial score (nSPS) is 19.3. The Morgan fingerprint density at radius 3 is 2.58 bits per heavy atom. The van der Waals surface area contributed by atoms with Crippen molar-refractivity contribution in [2.24, 2.45) is 0 Å². The largest absolute Gasteiger partial charge is 0.478 e. The standard InChI is InChI=1S/C36H37FN4O2/c1-21(2)40-16-17-41-32-19-24(36(42)43)9-12-27(32)33(26-6-4-5-7-29(26)37)35(41)25-11-8-23-10-13-30(39-34(23)28(25)20-40)31-18-22(3)14-15-38-31/h8-15,18-19,21,26,29H,4-7,16-17,20H2,1-3H3,(H,42,43). The van der Waals surface area contributed by atoms with Gasteiger partial charge >= 0.3 is 5.97 Å². The number of carbonyl (C=O) groups is 1. The van der Waals surface area contributed by atoms with E-state index in [0.717, 1.165) is 86.9 Å². The second-order valence-corrected chi connectivity index (χ2v) is 12.5. The molecular weight excluding hydrogens is 539 g/mol. The zero-order chi connectivity index (χ0) is 29.8. The van der Waals surface area contributed by atoms with Crippen molar-refractivity contribution in [1.29, 1.82) is 0 Å². The summed E-state index contributed by atoms with van der Waals surface area (Å²) in [5, 5.41) is 11.9. The first kappa shape index (κ1) is 27.7. The van der Waals surface area contributed by atoms with Crippen LogP contribution in [0, 0.1) is 6.92 Å². The van der Waals surface area contributed by atoms with E-state index in [1.165, 1.54) is 0 Å². The van der Waals surface area contributed by atoms with E-state index in [9.17, 15) is 9.90 Å². The van der Waals surface area contributed by atoms with E-state index in [4.69, 9.17) is 4.98 Å². The highest BCUT2D eigenvalue weighted by Crippen LogP contribution is 2.47. The summed E-state index contributed by atoms with van der Waals surface area (Å²) in [6.45, 7) is 8.66. The van der Waals surface area contributed by atoms with Gasteiger partial charge in [0.25, 0.3) is 0 Å². The Bertz CT molecular complexity index is 1880. The first-order valence-corrected chi connectivity index (χ1v) is 15.4. The Morgan fingerprint density at radius 1 is 1.00 bits per heavy atom. The summed E-state index contributed by atoms with van der Waals surface area (Å²) in [5.41, 5.74) is 9.06. The molecule has 0 saturated heterocycles. The molecule has 2 unspecified atom stereocenters. The first-order valence-electron chi connectivity index (χ1n) is 15.4. The maximum atomic E-state index is 15.8. The number of carboxylic acids is 1. The van der Waals surface area contributed by atoms with E-state index in [-0.39, 0.29) is 17.5 Å². The van der Waals surface area contributed by atoms with Crippen molar-refractivity contribution >= 4 is 27.8 Å². The van der Waals surface area contributed by atoms with Crippen molar-refractivity contribution in [2.75, 3.05) is 6.54 Å². The SMILES string of the molecule is Cc1ccnc(-c2ccc3ccc4c(c3n2)CN(C(C)C)CCn2c-4c(C3CCCCC3F)c3ccc(C(=O)O)cc32)c1. The topological polar surface area (TPSA) is 71.2 Å². The third-order valence-electron chi connectivity index (χ3n) is 9.51. The number of aromatic nitrogens is 3. The molecule has 1 fully saturated rings. The van der Waals surface area contributed by atoms with Crippen LogP contribution in [0.1, 0.15) is 72.5 Å². The molecule has 1 aliphatic carbocycles. The summed E-state index contributed by atoms with van der Waals surface area (Å²) in [4.78, 5) is 24.4. The van der Waals surface area contributed by atoms with Gasteiger partial charge in [-0.2, -0.15) is 0 Å². The summed E-state index contributed by atoms with van der Waals surface area (Å²) in [7, 11) is 0. The van der Waals surface area contributed by atoms with Crippen LogP contribution in [0.5, 0.6) is 0 Å². The van der Waals surface area contributed by atoms with Crippen LogP contribution in [0.2, 0.25) is 0 Å². The number of pyridine rings is 2. The van der Waals surface area contributed by atoms with Gasteiger partial charge in [-0.3, -0.25) is 9.88 Å². The highest BCUT2D eigenvalue weighted by molar-refractivity contribution is 6.00. The summed E-state index contributed by atoms with van der Waals surface area (Å²) in [6.07, 6.45) is 4.13. The molecule has 2 atom stereocenters. The van der Waals surface area contributed by atoms with E-state index in [1.54, 1.807) is 12.1 Å². The quantitative estimate of drug-likeness (QED) is 0.234. The Labute approximate surface area is 251 Å². The number of alkyl halides is 1. The lowest BCUT2D eigenvalue weighted by Gasteiger charge is -2.32. The van der Waals surface area contributed by atoms with Gasteiger partial charge in [-0.15, -0.1) is 0 Å². The van der Waals surface area contributed by atoms with E-state index >= 15 is 4.39 Å². The molecule has 1 saturated carbocycles. The predicted octanol–water partition coefficient (Wildman–Crippen LogP) is 8.14. The molecule has 5 aromatic rings. The van der Waals surface area contributed by atoms with Crippen LogP contribution < -0.4 is 0 Å². The molecule has 7 rings (SSSR count). The maximum Gasteiger partial charge on any atom is 0.335 e. The number of hydrogen-bond donors (Lipinski definition) is 1. The van der Waals surface area contributed by atoms with Crippen molar-refractivity contribution in [3.63, 3.8) is 0 Å². The number of fused-ring (bicyclic) bond motifs is 7. The molecule has 1 aliphatic heterocycles. The fourth-order valence-corrected chi connectivity index (χ4v) is 7.22. The van der Waals surface area contributed by atoms with Gasteiger partial charge in [0.2, 0.25) is 0 Å². The summed E-state index contributed by atoms with van der Waals surface area (Å²) in [5.74, 6) is -1.19. The summed E-state index contributed by atoms with van der Waals surface area (Å²) < 4.78 is 18.1. The number of hydrogen-bond acceptors (Lipinski definition) is 4. The fourth-order valence-electron chi connectivity index (χ4n) is 7.22. The number of carboxylic acid groups (broad SMARTS) is 1. The third kappa shape index (κ3) is 4.80. The summed E-state index contributed by atoms with van der Waals surface area (Å²) >= 11 is 0. The minimum Gasteiger partial charge on any atom is -0.478 e. The number of benzene rings is 2.